The second kappa shape index (κ2) is 10.0. The van der Waals surface area contributed by atoms with Crippen LogP contribution < -0.4 is 15.1 Å². The summed E-state index contributed by atoms with van der Waals surface area (Å²) in [6.45, 7) is 6.71. The summed E-state index contributed by atoms with van der Waals surface area (Å²) < 4.78 is 16.9. The molecule has 0 saturated heterocycles. The van der Waals surface area contributed by atoms with E-state index in [2.05, 4.69) is 26.8 Å². The molecule has 0 unspecified atom stereocenters. The van der Waals surface area contributed by atoms with Gasteiger partial charge in [-0.15, -0.1) is 0 Å². The molecule has 31 heavy (non-hydrogen) atoms. The van der Waals surface area contributed by atoms with Crippen LogP contribution in [0.15, 0.2) is 51.7 Å². The zero-order chi connectivity index (χ0) is 22.4. The van der Waals surface area contributed by atoms with E-state index in [0.717, 1.165) is 34.4 Å². The minimum Gasteiger partial charge on any atom is -0.496 e. The van der Waals surface area contributed by atoms with Crippen molar-refractivity contribution < 1.29 is 13.9 Å². The quantitative estimate of drug-likeness (QED) is 0.271. The fourth-order valence-corrected chi connectivity index (χ4v) is 4.10. The molecule has 4 nitrogen and oxygen atoms in total. The van der Waals surface area contributed by atoms with Crippen LogP contribution >= 0.6 is 0 Å². The molecule has 0 N–H and O–H groups in total. The Morgan fingerprint density at radius 3 is 2.35 bits per heavy atom. The second-order valence-corrected chi connectivity index (χ2v) is 8.83. The maximum absolute atomic E-state index is 12.8. The Labute approximate surface area is 185 Å². The minimum absolute atomic E-state index is 0.0240. The maximum atomic E-state index is 12.8. The van der Waals surface area contributed by atoms with Gasteiger partial charge < -0.3 is 13.9 Å². The first kappa shape index (κ1) is 22.9. The van der Waals surface area contributed by atoms with Crippen molar-refractivity contribution in [3.05, 3.63) is 69.6 Å². The molecule has 4 heteroatoms. The topological polar surface area (TPSA) is 48.7 Å². The second-order valence-electron chi connectivity index (χ2n) is 8.83. The Morgan fingerprint density at radius 2 is 1.65 bits per heavy atom. The first-order valence-corrected chi connectivity index (χ1v) is 11.2. The summed E-state index contributed by atoms with van der Waals surface area (Å²) in [5, 5.41) is 0.817. The normalized spacial score (nSPS) is 11.6. The SMILES string of the molecule is CCCCCCC(C)(C)c1cc(OC)c2cc(Cc3ccccc3OC)c(=O)oc2c1. The number of benzene rings is 2. The van der Waals surface area contributed by atoms with Gasteiger partial charge in [-0.05, 0) is 47.2 Å². The highest BCUT2D eigenvalue weighted by Gasteiger charge is 2.23. The van der Waals surface area contributed by atoms with Gasteiger partial charge in [0.2, 0.25) is 0 Å². The van der Waals surface area contributed by atoms with Crippen LogP contribution in [0.2, 0.25) is 0 Å². The molecule has 0 fully saturated rings. The van der Waals surface area contributed by atoms with Crippen LogP contribution in [0.5, 0.6) is 11.5 Å². The van der Waals surface area contributed by atoms with Crippen LogP contribution in [0.1, 0.15) is 69.6 Å². The highest BCUT2D eigenvalue weighted by molar-refractivity contribution is 5.85. The minimum atomic E-state index is -0.321. The van der Waals surface area contributed by atoms with E-state index in [0.29, 0.717) is 17.6 Å². The summed E-state index contributed by atoms with van der Waals surface area (Å²) in [7, 11) is 3.30. The molecule has 166 valence electrons. The highest BCUT2D eigenvalue weighted by Crippen LogP contribution is 2.36. The van der Waals surface area contributed by atoms with Crippen molar-refractivity contribution in [1.82, 2.24) is 0 Å². The summed E-state index contributed by atoms with van der Waals surface area (Å²) in [6.07, 6.45) is 6.44. The van der Waals surface area contributed by atoms with Gasteiger partial charge in [-0.1, -0.05) is 64.7 Å². The van der Waals surface area contributed by atoms with Gasteiger partial charge in [0.15, 0.2) is 0 Å². The van der Waals surface area contributed by atoms with Crippen molar-refractivity contribution in [3.8, 4) is 11.5 Å². The van der Waals surface area contributed by atoms with E-state index in [1.807, 2.05) is 36.4 Å². The number of ether oxygens (including phenoxy) is 2. The van der Waals surface area contributed by atoms with Gasteiger partial charge in [0.05, 0.1) is 19.6 Å². The van der Waals surface area contributed by atoms with Crippen molar-refractivity contribution in [2.24, 2.45) is 0 Å². The zero-order valence-electron chi connectivity index (χ0n) is 19.4. The predicted octanol–water partition coefficient (Wildman–Crippen LogP) is 6.65. The number of rotatable bonds is 10. The van der Waals surface area contributed by atoms with Crippen LogP contribution in [0.25, 0.3) is 11.0 Å². The Kier molecular flexibility index (Phi) is 7.42. The molecule has 0 radical (unpaired) electrons. The molecule has 3 rings (SSSR count). The van der Waals surface area contributed by atoms with Gasteiger partial charge in [0, 0.05) is 12.0 Å². The predicted molar refractivity (Wildman–Crippen MR) is 127 cm³/mol. The Morgan fingerprint density at radius 1 is 0.903 bits per heavy atom. The van der Waals surface area contributed by atoms with E-state index in [1.165, 1.54) is 25.7 Å². The van der Waals surface area contributed by atoms with Gasteiger partial charge in [-0.3, -0.25) is 0 Å². The monoisotopic (exact) mass is 422 g/mol. The molecule has 0 aliphatic rings. The summed E-state index contributed by atoms with van der Waals surface area (Å²) >= 11 is 0. The van der Waals surface area contributed by atoms with Crippen LogP contribution in [0, 0.1) is 0 Å². The van der Waals surface area contributed by atoms with Crippen molar-refractivity contribution in [3.63, 3.8) is 0 Å². The number of unbranched alkanes of at least 4 members (excludes halogenated alkanes) is 3. The van der Waals surface area contributed by atoms with Gasteiger partial charge in [0.25, 0.3) is 0 Å². The Bertz CT molecular complexity index is 1080. The van der Waals surface area contributed by atoms with Crippen LogP contribution in [0.3, 0.4) is 0 Å². The van der Waals surface area contributed by atoms with E-state index in [4.69, 9.17) is 13.9 Å². The van der Waals surface area contributed by atoms with Crippen LogP contribution in [0.4, 0.5) is 0 Å². The van der Waals surface area contributed by atoms with Gasteiger partial charge in [0.1, 0.15) is 17.1 Å². The molecular formula is C27H34O4. The van der Waals surface area contributed by atoms with Gasteiger partial charge in [-0.25, -0.2) is 4.79 Å². The Balaban J connectivity index is 1.98. The largest absolute Gasteiger partial charge is 0.496 e. The van der Waals surface area contributed by atoms with Gasteiger partial charge in [-0.2, -0.15) is 0 Å². The smallest absolute Gasteiger partial charge is 0.339 e. The molecule has 0 aliphatic heterocycles. The fraction of sp³-hybridized carbons (Fsp3) is 0.444. The zero-order valence-corrected chi connectivity index (χ0v) is 19.4. The van der Waals surface area contributed by atoms with Crippen molar-refractivity contribution in [2.75, 3.05) is 14.2 Å². The number of para-hydroxylation sites is 1. The maximum Gasteiger partial charge on any atom is 0.339 e. The number of fused-ring (bicyclic) bond motifs is 1. The molecule has 0 aliphatic carbocycles. The number of hydrogen-bond donors (Lipinski definition) is 0. The lowest BCUT2D eigenvalue weighted by Crippen LogP contribution is -2.17. The average Bonchev–Trinajstić information content (AvgIpc) is 2.77. The molecule has 0 saturated carbocycles. The third-order valence-electron chi connectivity index (χ3n) is 6.12. The molecule has 0 amide bonds. The molecule has 2 aromatic carbocycles. The highest BCUT2D eigenvalue weighted by atomic mass is 16.5. The molecular weight excluding hydrogens is 388 g/mol. The van der Waals surface area contributed by atoms with Crippen LogP contribution in [-0.4, -0.2) is 14.2 Å². The van der Waals surface area contributed by atoms with E-state index < -0.39 is 0 Å². The number of hydrogen-bond acceptors (Lipinski definition) is 4. The Hall–Kier alpha value is -2.75. The molecule has 1 aromatic heterocycles. The molecule has 0 atom stereocenters. The van der Waals surface area contributed by atoms with Gasteiger partial charge >= 0.3 is 5.63 Å². The molecule has 1 heterocycles. The van der Waals surface area contributed by atoms with Crippen molar-refractivity contribution in [2.45, 2.75) is 64.7 Å². The molecule has 0 bridgehead atoms. The average molecular weight is 423 g/mol. The summed E-state index contributed by atoms with van der Waals surface area (Å²) in [5.41, 5.74) is 2.89. The summed E-state index contributed by atoms with van der Waals surface area (Å²) in [6, 6.07) is 13.7. The lowest BCUT2D eigenvalue weighted by molar-refractivity contribution is 0.409. The van der Waals surface area contributed by atoms with E-state index >= 15 is 0 Å². The van der Waals surface area contributed by atoms with Crippen LogP contribution in [-0.2, 0) is 11.8 Å². The fourth-order valence-electron chi connectivity index (χ4n) is 4.10. The lowest BCUT2D eigenvalue weighted by Gasteiger charge is -2.26. The summed E-state index contributed by atoms with van der Waals surface area (Å²) in [5.74, 6) is 1.49. The first-order chi connectivity index (χ1) is 14.9. The molecule has 0 spiro atoms. The van der Waals surface area contributed by atoms with Crippen molar-refractivity contribution in [1.29, 1.82) is 0 Å². The lowest BCUT2D eigenvalue weighted by atomic mass is 9.79. The van der Waals surface area contributed by atoms with E-state index in [1.54, 1.807) is 14.2 Å². The first-order valence-electron chi connectivity index (χ1n) is 11.2. The van der Waals surface area contributed by atoms with E-state index in [-0.39, 0.29) is 11.0 Å². The number of methoxy groups -OCH3 is 2. The third-order valence-corrected chi connectivity index (χ3v) is 6.12. The third kappa shape index (κ3) is 5.30. The van der Waals surface area contributed by atoms with Crippen molar-refractivity contribution >= 4 is 11.0 Å². The standard InChI is InChI=1S/C27H34O4/c1-6-7-8-11-14-27(2,3)21-17-24(30-5)22-16-20(26(28)31-25(22)18-21)15-19-12-9-10-13-23(19)29-4/h9-10,12-13,16-18H,6-8,11,14-15H2,1-5H3. The van der Waals surface area contributed by atoms with E-state index in [9.17, 15) is 4.79 Å². The molecule has 3 aromatic rings. The summed E-state index contributed by atoms with van der Waals surface area (Å²) in [4.78, 5) is 12.8.